The van der Waals surface area contributed by atoms with Crippen molar-refractivity contribution >= 4 is 35.0 Å². The number of esters is 1. The Bertz CT molecular complexity index is 733. The number of benzene rings is 2. The highest BCUT2D eigenvalue weighted by Crippen LogP contribution is 2.35. The number of urea groups is 1. The third-order valence-corrected chi connectivity index (χ3v) is 3.16. The summed E-state index contributed by atoms with van der Waals surface area (Å²) < 4.78 is 4.64. The summed E-state index contributed by atoms with van der Waals surface area (Å²) in [5.74, 6) is -0.728. The number of anilines is 2. The number of amides is 2. The second-order valence-corrected chi connectivity index (χ2v) is 4.79. The third kappa shape index (κ3) is 3.12. The summed E-state index contributed by atoms with van der Waals surface area (Å²) in [5.41, 5.74) is 6.05. The number of nitrogens with zero attached hydrogens (tertiary/aromatic N) is 1. The van der Waals surface area contributed by atoms with Crippen molar-refractivity contribution in [1.29, 1.82) is 0 Å². The molecular weight excluding hydrogens is 308 g/mol. The molecule has 22 heavy (non-hydrogen) atoms. The van der Waals surface area contributed by atoms with Gasteiger partial charge in [0.1, 0.15) is 5.75 Å². The van der Waals surface area contributed by atoms with E-state index in [1.807, 2.05) is 0 Å². The topological polar surface area (TPSA) is 92.9 Å². The van der Waals surface area contributed by atoms with E-state index in [0.717, 1.165) is 4.90 Å². The Balaban J connectivity index is 2.56. The molecule has 114 valence electrons. The number of phenolic OH excluding ortho intramolecular Hbond substituents is 1. The standard InChI is InChI=1S/C15H13ClN2O4/c1-22-14(20)9-3-2-4-11(7-9)18(15(17)21)12-8-10(16)5-6-13(12)19/h2-8,19H,1H3,(H2,17,21). The maximum absolute atomic E-state index is 11.8. The van der Waals surface area contributed by atoms with Crippen molar-refractivity contribution in [3.05, 3.63) is 53.1 Å². The van der Waals surface area contributed by atoms with E-state index in [0.29, 0.717) is 10.7 Å². The maximum Gasteiger partial charge on any atom is 0.337 e. The van der Waals surface area contributed by atoms with Gasteiger partial charge in [-0.25, -0.2) is 9.59 Å². The zero-order valence-electron chi connectivity index (χ0n) is 11.6. The Hall–Kier alpha value is -2.73. The Kier molecular flexibility index (Phi) is 4.53. The zero-order chi connectivity index (χ0) is 16.3. The van der Waals surface area contributed by atoms with Crippen LogP contribution in [-0.4, -0.2) is 24.2 Å². The van der Waals surface area contributed by atoms with Gasteiger partial charge in [-0.15, -0.1) is 0 Å². The van der Waals surface area contributed by atoms with Crippen LogP contribution >= 0.6 is 11.6 Å². The van der Waals surface area contributed by atoms with Gasteiger partial charge < -0.3 is 15.6 Å². The molecule has 0 unspecified atom stereocenters. The lowest BCUT2D eigenvalue weighted by Crippen LogP contribution is -2.31. The molecule has 0 bridgehead atoms. The average molecular weight is 321 g/mol. The van der Waals surface area contributed by atoms with Gasteiger partial charge in [-0.1, -0.05) is 17.7 Å². The van der Waals surface area contributed by atoms with Gasteiger partial charge in [0.2, 0.25) is 0 Å². The molecule has 0 aliphatic carbocycles. The number of nitrogens with two attached hydrogens (primary N) is 1. The van der Waals surface area contributed by atoms with Crippen LogP contribution < -0.4 is 10.6 Å². The monoisotopic (exact) mass is 320 g/mol. The van der Waals surface area contributed by atoms with Crippen molar-refractivity contribution in [2.75, 3.05) is 12.0 Å². The molecular formula is C15H13ClN2O4. The first kappa shape index (κ1) is 15.7. The molecule has 0 saturated carbocycles. The number of phenols is 1. The maximum atomic E-state index is 11.8. The first-order valence-corrected chi connectivity index (χ1v) is 6.58. The van der Waals surface area contributed by atoms with Gasteiger partial charge in [0.15, 0.2) is 0 Å². The highest BCUT2D eigenvalue weighted by atomic mass is 35.5. The van der Waals surface area contributed by atoms with E-state index in [2.05, 4.69) is 4.74 Å². The minimum Gasteiger partial charge on any atom is -0.506 e. The van der Waals surface area contributed by atoms with E-state index in [1.54, 1.807) is 12.1 Å². The summed E-state index contributed by atoms with van der Waals surface area (Å²) in [5, 5.41) is 10.3. The van der Waals surface area contributed by atoms with Gasteiger partial charge in [-0.2, -0.15) is 0 Å². The van der Waals surface area contributed by atoms with Crippen LogP contribution in [0.5, 0.6) is 5.75 Å². The van der Waals surface area contributed by atoms with Crippen LogP contribution in [0.2, 0.25) is 5.02 Å². The van der Waals surface area contributed by atoms with E-state index in [1.165, 1.54) is 37.4 Å². The summed E-state index contributed by atoms with van der Waals surface area (Å²) in [6, 6.07) is 9.48. The lowest BCUT2D eigenvalue weighted by Gasteiger charge is -2.22. The molecule has 0 radical (unpaired) electrons. The summed E-state index contributed by atoms with van der Waals surface area (Å²) in [7, 11) is 1.25. The largest absolute Gasteiger partial charge is 0.506 e. The van der Waals surface area contributed by atoms with E-state index >= 15 is 0 Å². The van der Waals surface area contributed by atoms with Gasteiger partial charge >= 0.3 is 12.0 Å². The number of methoxy groups -OCH3 is 1. The number of aromatic hydroxyl groups is 1. The van der Waals surface area contributed by atoms with Gasteiger partial charge in [0.25, 0.3) is 0 Å². The zero-order valence-corrected chi connectivity index (χ0v) is 12.4. The first-order chi connectivity index (χ1) is 10.4. The average Bonchev–Trinajstić information content (AvgIpc) is 2.50. The second kappa shape index (κ2) is 6.36. The summed E-state index contributed by atoms with van der Waals surface area (Å²) >= 11 is 5.89. The van der Waals surface area contributed by atoms with E-state index < -0.39 is 12.0 Å². The number of ether oxygens (including phenoxy) is 1. The van der Waals surface area contributed by atoms with Gasteiger partial charge in [-0.05, 0) is 36.4 Å². The van der Waals surface area contributed by atoms with Gasteiger partial charge in [-0.3, -0.25) is 4.90 Å². The van der Waals surface area contributed by atoms with Crippen LogP contribution in [0.4, 0.5) is 16.2 Å². The van der Waals surface area contributed by atoms with E-state index in [-0.39, 0.29) is 17.0 Å². The van der Waals surface area contributed by atoms with E-state index in [4.69, 9.17) is 17.3 Å². The molecule has 0 aromatic heterocycles. The fourth-order valence-corrected chi connectivity index (χ4v) is 2.12. The molecule has 0 atom stereocenters. The molecule has 6 nitrogen and oxygen atoms in total. The highest BCUT2D eigenvalue weighted by molar-refractivity contribution is 6.31. The predicted molar refractivity (Wildman–Crippen MR) is 82.6 cm³/mol. The van der Waals surface area contributed by atoms with Crippen molar-refractivity contribution < 1.29 is 19.4 Å². The van der Waals surface area contributed by atoms with Crippen LogP contribution in [0, 0.1) is 0 Å². The molecule has 0 heterocycles. The molecule has 2 aromatic carbocycles. The molecule has 0 spiro atoms. The lowest BCUT2D eigenvalue weighted by molar-refractivity contribution is 0.0600. The summed E-state index contributed by atoms with van der Waals surface area (Å²) in [6.07, 6.45) is 0. The molecule has 2 aromatic rings. The number of hydrogen-bond donors (Lipinski definition) is 2. The predicted octanol–water partition coefficient (Wildman–Crippen LogP) is 3.05. The van der Waals surface area contributed by atoms with E-state index in [9.17, 15) is 14.7 Å². The van der Waals surface area contributed by atoms with Crippen LogP contribution in [0.25, 0.3) is 0 Å². The fourth-order valence-electron chi connectivity index (χ4n) is 1.95. The quantitative estimate of drug-likeness (QED) is 0.850. The third-order valence-electron chi connectivity index (χ3n) is 2.92. The minimum absolute atomic E-state index is 0.113. The molecule has 0 aliphatic rings. The van der Waals surface area contributed by atoms with Crippen LogP contribution in [0.3, 0.4) is 0 Å². The van der Waals surface area contributed by atoms with Crippen molar-refractivity contribution in [3.63, 3.8) is 0 Å². The molecule has 2 amide bonds. The number of primary amides is 1. The Labute approximate surface area is 131 Å². The number of halogens is 1. The van der Waals surface area contributed by atoms with Gasteiger partial charge in [0, 0.05) is 5.02 Å². The lowest BCUT2D eigenvalue weighted by atomic mass is 10.1. The minimum atomic E-state index is -0.834. The molecule has 0 fully saturated rings. The van der Waals surface area contributed by atoms with Crippen LogP contribution in [-0.2, 0) is 4.74 Å². The second-order valence-electron chi connectivity index (χ2n) is 4.35. The molecule has 2 rings (SSSR count). The van der Waals surface area contributed by atoms with Crippen LogP contribution in [0.1, 0.15) is 10.4 Å². The van der Waals surface area contributed by atoms with Gasteiger partial charge in [0.05, 0.1) is 24.0 Å². The smallest absolute Gasteiger partial charge is 0.337 e. The highest BCUT2D eigenvalue weighted by Gasteiger charge is 2.20. The Morgan fingerprint density at radius 3 is 2.59 bits per heavy atom. The first-order valence-electron chi connectivity index (χ1n) is 6.20. The van der Waals surface area contributed by atoms with Crippen LogP contribution in [0.15, 0.2) is 42.5 Å². The SMILES string of the molecule is COC(=O)c1cccc(N(C(N)=O)c2cc(Cl)ccc2O)c1. The normalized spacial score (nSPS) is 10.1. The number of hydrogen-bond acceptors (Lipinski definition) is 4. The van der Waals surface area contributed by atoms with Crippen molar-refractivity contribution in [2.24, 2.45) is 5.73 Å². The Morgan fingerprint density at radius 1 is 1.23 bits per heavy atom. The number of carbonyl (C=O) groups is 2. The van der Waals surface area contributed by atoms with Crippen molar-refractivity contribution in [3.8, 4) is 5.75 Å². The Morgan fingerprint density at radius 2 is 1.95 bits per heavy atom. The molecule has 3 N–H and O–H groups in total. The van der Waals surface area contributed by atoms with Crippen molar-refractivity contribution in [1.82, 2.24) is 0 Å². The van der Waals surface area contributed by atoms with Crippen molar-refractivity contribution in [2.45, 2.75) is 0 Å². The molecule has 0 aliphatic heterocycles. The number of carbonyl (C=O) groups excluding carboxylic acids is 2. The summed E-state index contributed by atoms with van der Waals surface area (Å²) in [4.78, 5) is 24.4. The molecule has 7 heteroatoms. The number of rotatable bonds is 3. The fraction of sp³-hybridized carbons (Fsp3) is 0.0667. The summed E-state index contributed by atoms with van der Waals surface area (Å²) in [6.45, 7) is 0. The molecule has 0 saturated heterocycles.